The van der Waals surface area contributed by atoms with Gasteiger partial charge >= 0.3 is 6.03 Å². The van der Waals surface area contributed by atoms with Crippen molar-refractivity contribution in [3.8, 4) is 0 Å². The number of rotatable bonds is 6. The normalized spacial score (nSPS) is 14.6. The smallest absolute Gasteiger partial charge is 0.312 e. The van der Waals surface area contributed by atoms with Crippen molar-refractivity contribution >= 4 is 11.9 Å². The van der Waals surface area contributed by atoms with Crippen LogP contribution in [-0.4, -0.2) is 11.9 Å². The summed E-state index contributed by atoms with van der Waals surface area (Å²) in [4.78, 5) is 23.3. The molecule has 3 rings (SSSR count). The average molecular weight is 337 g/mol. The molecule has 130 valence electrons. The minimum atomic E-state index is -0.563. The van der Waals surface area contributed by atoms with Crippen molar-refractivity contribution in [1.29, 1.82) is 0 Å². The number of aryl methyl sites for hydroxylation is 1. The van der Waals surface area contributed by atoms with Crippen molar-refractivity contribution in [3.05, 3.63) is 70.8 Å². The van der Waals surface area contributed by atoms with Crippen molar-refractivity contribution < 1.29 is 9.59 Å². The Morgan fingerprint density at radius 1 is 1.08 bits per heavy atom. The summed E-state index contributed by atoms with van der Waals surface area (Å²) >= 11 is 0. The zero-order valence-corrected chi connectivity index (χ0v) is 14.3. The summed E-state index contributed by atoms with van der Waals surface area (Å²) in [7, 11) is 0. The maximum absolute atomic E-state index is 12.6. The van der Waals surface area contributed by atoms with Gasteiger partial charge in [0.15, 0.2) is 0 Å². The highest BCUT2D eigenvalue weighted by atomic mass is 16.2. The summed E-state index contributed by atoms with van der Waals surface area (Å²) in [5.41, 5.74) is 8.93. The fraction of sp³-hybridized carbons (Fsp3) is 0.300. The van der Waals surface area contributed by atoms with Gasteiger partial charge in [0.05, 0.1) is 6.04 Å². The van der Waals surface area contributed by atoms with E-state index in [-0.39, 0.29) is 11.9 Å². The van der Waals surface area contributed by atoms with Gasteiger partial charge in [-0.05, 0) is 48.9 Å². The Morgan fingerprint density at radius 3 is 2.28 bits per heavy atom. The summed E-state index contributed by atoms with van der Waals surface area (Å²) in [6.45, 7) is 2.41. The Bertz CT molecular complexity index is 750. The van der Waals surface area contributed by atoms with Crippen molar-refractivity contribution in [3.63, 3.8) is 0 Å². The van der Waals surface area contributed by atoms with Crippen molar-refractivity contribution in [1.82, 2.24) is 10.6 Å². The van der Waals surface area contributed by atoms with Crippen molar-refractivity contribution in [2.45, 2.75) is 32.4 Å². The molecule has 1 saturated carbocycles. The first kappa shape index (κ1) is 17.0. The summed E-state index contributed by atoms with van der Waals surface area (Å²) in [5.74, 6) is 0.442. The second-order valence-corrected chi connectivity index (χ2v) is 6.61. The fourth-order valence-electron chi connectivity index (χ4n) is 2.86. The molecule has 2 aromatic carbocycles. The minimum absolute atomic E-state index is 0.0595. The molecule has 0 saturated heterocycles. The Hall–Kier alpha value is -2.82. The maximum Gasteiger partial charge on any atom is 0.312 e. The first-order valence-corrected chi connectivity index (χ1v) is 8.52. The third-order valence-electron chi connectivity index (χ3n) is 4.50. The van der Waals surface area contributed by atoms with E-state index in [1.165, 1.54) is 5.56 Å². The van der Waals surface area contributed by atoms with Gasteiger partial charge < -0.3 is 16.4 Å². The molecule has 1 atom stereocenters. The third-order valence-corrected chi connectivity index (χ3v) is 4.50. The molecule has 2 aromatic rings. The van der Waals surface area contributed by atoms with Crippen LogP contribution in [0.2, 0.25) is 0 Å². The zero-order valence-electron chi connectivity index (χ0n) is 14.3. The highest BCUT2D eigenvalue weighted by Crippen LogP contribution is 2.41. The first-order chi connectivity index (χ1) is 12.0. The molecule has 0 aromatic heterocycles. The van der Waals surface area contributed by atoms with Crippen LogP contribution in [0.25, 0.3) is 0 Å². The van der Waals surface area contributed by atoms with Gasteiger partial charge in [-0.2, -0.15) is 0 Å². The number of amides is 3. The molecule has 25 heavy (non-hydrogen) atoms. The number of carbonyl (C=O) groups is 2. The molecule has 0 aliphatic heterocycles. The van der Waals surface area contributed by atoms with Crippen molar-refractivity contribution in [2.24, 2.45) is 11.7 Å². The van der Waals surface area contributed by atoms with Gasteiger partial charge in [-0.25, -0.2) is 4.79 Å². The summed E-state index contributed by atoms with van der Waals surface area (Å²) in [6.07, 6.45) is 2.30. The van der Waals surface area contributed by atoms with Crippen LogP contribution in [0.4, 0.5) is 4.79 Å². The lowest BCUT2D eigenvalue weighted by molar-refractivity contribution is 0.0931. The molecule has 1 aliphatic rings. The van der Waals surface area contributed by atoms with Crippen LogP contribution >= 0.6 is 0 Å². The van der Waals surface area contributed by atoms with Gasteiger partial charge in [0, 0.05) is 12.1 Å². The lowest BCUT2D eigenvalue weighted by Crippen LogP contribution is -2.30. The van der Waals surface area contributed by atoms with Crippen LogP contribution in [0.3, 0.4) is 0 Å². The van der Waals surface area contributed by atoms with Crippen LogP contribution in [0.1, 0.15) is 45.9 Å². The summed E-state index contributed by atoms with van der Waals surface area (Å²) in [6, 6.07) is 15.0. The Kier molecular flexibility index (Phi) is 5.03. The molecule has 1 aliphatic carbocycles. The second-order valence-electron chi connectivity index (χ2n) is 6.61. The molecular weight excluding hydrogens is 314 g/mol. The van der Waals surface area contributed by atoms with Crippen LogP contribution in [0.15, 0.2) is 48.5 Å². The molecule has 0 radical (unpaired) electrons. The predicted molar refractivity (Wildman–Crippen MR) is 97.0 cm³/mol. The number of nitrogens with two attached hydrogens (primary N) is 1. The molecule has 4 N–H and O–H groups in total. The number of urea groups is 1. The highest BCUT2D eigenvalue weighted by Gasteiger charge is 2.33. The SMILES string of the molecule is Cc1ccc([C@H](NC(=O)c2ccc(CNC(N)=O)cc2)C2CC2)cc1. The van der Waals surface area contributed by atoms with Gasteiger partial charge in [0.25, 0.3) is 5.91 Å². The van der Waals surface area contributed by atoms with Crippen molar-refractivity contribution in [2.75, 3.05) is 0 Å². The van der Waals surface area contributed by atoms with Gasteiger partial charge in [-0.3, -0.25) is 4.79 Å². The summed E-state index contributed by atoms with van der Waals surface area (Å²) < 4.78 is 0. The largest absolute Gasteiger partial charge is 0.352 e. The average Bonchev–Trinajstić information content (AvgIpc) is 3.44. The molecule has 3 amide bonds. The molecule has 5 heteroatoms. The van der Waals surface area contributed by atoms with Gasteiger partial charge in [0.2, 0.25) is 0 Å². The Labute approximate surface area is 147 Å². The van der Waals surface area contributed by atoms with E-state index in [0.29, 0.717) is 18.0 Å². The van der Waals surface area contributed by atoms with E-state index in [1.54, 1.807) is 12.1 Å². The second kappa shape index (κ2) is 7.38. The zero-order chi connectivity index (χ0) is 17.8. The van der Waals surface area contributed by atoms with Gasteiger partial charge in [-0.15, -0.1) is 0 Å². The topological polar surface area (TPSA) is 84.2 Å². The van der Waals surface area contributed by atoms with E-state index in [2.05, 4.69) is 41.8 Å². The van der Waals surface area contributed by atoms with E-state index < -0.39 is 6.03 Å². The predicted octanol–water partition coefficient (Wildman–Crippen LogP) is 3.04. The third kappa shape index (κ3) is 4.59. The van der Waals surface area contributed by atoms with Crippen LogP contribution < -0.4 is 16.4 Å². The van der Waals surface area contributed by atoms with Crippen LogP contribution in [0.5, 0.6) is 0 Å². The van der Waals surface area contributed by atoms with E-state index in [4.69, 9.17) is 5.73 Å². The molecule has 0 heterocycles. The minimum Gasteiger partial charge on any atom is -0.352 e. The Morgan fingerprint density at radius 2 is 1.72 bits per heavy atom. The Balaban J connectivity index is 1.67. The number of benzene rings is 2. The molecule has 0 bridgehead atoms. The number of carbonyl (C=O) groups excluding carboxylic acids is 2. The monoisotopic (exact) mass is 337 g/mol. The molecule has 0 spiro atoms. The quantitative estimate of drug-likeness (QED) is 0.757. The van der Waals surface area contributed by atoms with E-state index in [1.807, 2.05) is 12.1 Å². The lowest BCUT2D eigenvalue weighted by atomic mass is 10.0. The van der Waals surface area contributed by atoms with Gasteiger partial charge in [0.1, 0.15) is 0 Å². The number of nitrogens with one attached hydrogen (secondary N) is 2. The molecule has 1 fully saturated rings. The molecular formula is C20H23N3O2. The number of primary amides is 1. The summed E-state index contributed by atoms with van der Waals surface area (Å²) in [5, 5.41) is 5.70. The first-order valence-electron chi connectivity index (χ1n) is 8.52. The molecule has 5 nitrogen and oxygen atoms in total. The van der Waals surface area contributed by atoms with Crippen LogP contribution in [-0.2, 0) is 6.54 Å². The number of hydrogen-bond donors (Lipinski definition) is 3. The van der Waals surface area contributed by atoms with Gasteiger partial charge in [-0.1, -0.05) is 42.0 Å². The standard InChI is InChI=1S/C20H23N3O2/c1-13-2-6-15(7-3-13)18(16-10-11-16)23-19(24)17-8-4-14(5-9-17)12-22-20(21)25/h2-9,16,18H,10-12H2,1H3,(H,23,24)(H3,21,22,25)/t18-/m0/s1. The number of hydrogen-bond acceptors (Lipinski definition) is 2. The molecule has 0 unspecified atom stereocenters. The fourth-order valence-corrected chi connectivity index (χ4v) is 2.86. The van der Waals surface area contributed by atoms with E-state index >= 15 is 0 Å². The maximum atomic E-state index is 12.6. The highest BCUT2D eigenvalue weighted by molar-refractivity contribution is 5.94. The van der Waals surface area contributed by atoms with E-state index in [0.717, 1.165) is 24.0 Å². The lowest BCUT2D eigenvalue weighted by Gasteiger charge is -2.19. The van der Waals surface area contributed by atoms with Crippen LogP contribution in [0, 0.1) is 12.8 Å². The van der Waals surface area contributed by atoms with E-state index in [9.17, 15) is 9.59 Å².